The average molecular weight is 799 g/mol. The molecule has 0 heterocycles. The van der Waals surface area contributed by atoms with Crippen LogP contribution in [-0.4, -0.2) is 146 Å². The fourth-order valence-electron chi connectivity index (χ4n) is 5.23. The first-order chi connectivity index (χ1) is 26.4. The van der Waals surface area contributed by atoms with Crippen molar-refractivity contribution < 1.29 is 61.6 Å². The van der Waals surface area contributed by atoms with E-state index in [0.29, 0.717) is 39.6 Å². The van der Waals surface area contributed by atoms with E-state index in [1.165, 1.54) is 0 Å². The molecular weight excluding hydrogens is 739 g/mol. The fourth-order valence-corrected chi connectivity index (χ4v) is 5.96. The summed E-state index contributed by atoms with van der Waals surface area (Å²) in [5.41, 5.74) is -1.15. The maximum Gasteiger partial charge on any atom is 0.325 e. The molecule has 5 N–H and O–H groups in total. The largest absolute Gasteiger partial charge is 0.377 e. The lowest BCUT2D eigenvalue weighted by molar-refractivity contribution is -0.134. The Hall–Kier alpha value is -3.53. The standard InChI is InChI=1S/C37H59N4O13P/c1-5-17-48-23-26-51-20-14-38-33(42)8-11-37(41-36(45)31-29-32(30-31)54-55(4,46)47,12-9-34(43)39-15-21-52-27-24-49-18-6-2)13-10-35(44)40-16-22-53-28-25-50-19-7-3/h1-3,31-32H,8-30H2,4H3,(H,38,42)(H,39,43)(H,40,44)(H,41,45)(H,46,47)/t31-,32-. The number of hydrogen-bond donors (Lipinski definition) is 5. The summed E-state index contributed by atoms with van der Waals surface area (Å²) < 4.78 is 48.6. The molecular formula is C37H59N4O13P. The van der Waals surface area contributed by atoms with Crippen molar-refractivity contribution in [3.63, 3.8) is 0 Å². The van der Waals surface area contributed by atoms with Gasteiger partial charge < -0.3 is 59.1 Å². The van der Waals surface area contributed by atoms with Crippen molar-refractivity contribution in [2.24, 2.45) is 5.92 Å². The van der Waals surface area contributed by atoms with Gasteiger partial charge in [-0.15, -0.1) is 19.3 Å². The Morgan fingerprint density at radius 1 is 0.636 bits per heavy atom. The van der Waals surface area contributed by atoms with Crippen LogP contribution in [0.5, 0.6) is 0 Å². The van der Waals surface area contributed by atoms with Crippen molar-refractivity contribution in [1.82, 2.24) is 21.3 Å². The van der Waals surface area contributed by atoms with Crippen LogP contribution in [0.4, 0.5) is 0 Å². The zero-order chi connectivity index (χ0) is 40.6. The molecule has 18 heteroatoms. The maximum atomic E-state index is 13.6. The first kappa shape index (κ1) is 49.5. The normalized spacial score (nSPS) is 16.0. The summed E-state index contributed by atoms with van der Waals surface area (Å²) in [6.45, 7) is 4.86. The summed E-state index contributed by atoms with van der Waals surface area (Å²) in [5.74, 6) is 5.23. The van der Waals surface area contributed by atoms with Crippen LogP contribution in [0, 0.1) is 42.9 Å². The second-order valence-corrected chi connectivity index (χ2v) is 14.4. The highest BCUT2D eigenvalue weighted by Gasteiger charge is 2.41. The van der Waals surface area contributed by atoms with E-state index in [2.05, 4.69) is 39.0 Å². The van der Waals surface area contributed by atoms with Crippen LogP contribution in [0.3, 0.4) is 0 Å². The van der Waals surface area contributed by atoms with Gasteiger partial charge in [-0.3, -0.25) is 23.7 Å². The lowest BCUT2D eigenvalue weighted by atomic mass is 9.78. The minimum absolute atomic E-state index is 0.0279. The Morgan fingerprint density at radius 3 is 1.31 bits per heavy atom. The zero-order valence-electron chi connectivity index (χ0n) is 31.9. The van der Waals surface area contributed by atoms with Crippen molar-refractivity contribution in [3.8, 4) is 37.0 Å². The SMILES string of the molecule is C#CCOCCOCCNC(=O)CCC(CCC(=O)NCCOCCOCC#C)(CCC(=O)NCCOCCOCC#C)NC(=O)[C@H]1C[C@H](OP(C)(=O)O)C1. The van der Waals surface area contributed by atoms with Crippen LogP contribution in [-0.2, 0) is 56.7 Å². The second-order valence-electron chi connectivity index (χ2n) is 12.6. The van der Waals surface area contributed by atoms with E-state index in [1.807, 2.05) is 0 Å². The summed E-state index contributed by atoms with van der Waals surface area (Å²) >= 11 is 0. The highest BCUT2D eigenvalue weighted by Crippen LogP contribution is 2.45. The minimum Gasteiger partial charge on any atom is -0.377 e. The number of amides is 4. The molecule has 0 aliphatic heterocycles. The molecule has 0 saturated heterocycles. The van der Waals surface area contributed by atoms with E-state index in [-0.39, 0.29) is 134 Å². The Bertz CT molecular complexity index is 1190. The third-order valence-corrected chi connectivity index (χ3v) is 8.76. The van der Waals surface area contributed by atoms with Crippen LogP contribution in [0.2, 0.25) is 0 Å². The zero-order valence-corrected chi connectivity index (χ0v) is 32.8. The van der Waals surface area contributed by atoms with Crippen LogP contribution in [0.1, 0.15) is 51.4 Å². The monoisotopic (exact) mass is 798 g/mol. The molecule has 4 amide bonds. The van der Waals surface area contributed by atoms with Gasteiger partial charge in [-0.1, -0.05) is 17.8 Å². The van der Waals surface area contributed by atoms with E-state index < -0.39 is 25.2 Å². The molecule has 0 aromatic carbocycles. The molecule has 17 nitrogen and oxygen atoms in total. The lowest BCUT2D eigenvalue weighted by Gasteiger charge is -2.40. The van der Waals surface area contributed by atoms with Crippen molar-refractivity contribution >= 4 is 31.2 Å². The van der Waals surface area contributed by atoms with Gasteiger partial charge >= 0.3 is 7.60 Å². The molecule has 1 aliphatic carbocycles. The van der Waals surface area contributed by atoms with E-state index in [4.69, 9.17) is 52.2 Å². The molecule has 0 aromatic heterocycles. The molecule has 55 heavy (non-hydrogen) atoms. The number of rotatable bonds is 34. The number of ether oxygens (including phenoxy) is 6. The van der Waals surface area contributed by atoms with Gasteiger partial charge in [0.05, 0.1) is 65.6 Å². The summed E-state index contributed by atoms with van der Waals surface area (Å²) in [4.78, 5) is 62.1. The van der Waals surface area contributed by atoms with Gasteiger partial charge in [0.15, 0.2) is 0 Å². The maximum absolute atomic E-state index is 13.6. The number of nitrogens with one attached hydrogen (secondary N) is 4. The lowest BCUT2D eigenvalue weighted by Crippen LogP contribution is -2.54. The number of terminal acetylenes is 3. The second kappa shape index (κ2) is 30.7. The number of carbonyl (C=O) groups is 4. The highest BCUT2D eigenvalue weighted by molar-refractivity contribution is 7.51. The number of hydrogen-bond acceptors (Lipinski definition) is 12. The molecule has 1 saturated carbocycles. The van der Waals surface area contributed by atoms with Gasteiger partial charge in [-0.2, -0.15) is 0 Å². The van der Waals surface area contributed by atoms with Crippen LogP contribution in [0.15, 0.2) is 0 Å². The Balaban J connectivity index is 2.94. The summed E-state index contributed by atoms with van der Waals surface area (Å²) in [6, 6.07) is 0. The molecule has 310 valence electrons. The average Bonchev–Trinajstić information content (AvgIpc) is 3.13. The topological polar surface area (TPSA) is 218 Å². The summed E-state index contributed by atoms with van der Waals surface area (Å²) in [7, 11) is -3.74. The summed E-state index contributed by atoms with van der Waals surface area (Å²) in [6.07, 6.45) is 15.6. The van der Waals surface area contributed by atoms with Crippen molar-refractivity contribution in [3.05, 3.63) is 0 Å². The molecule has 0 spiro atoms. The summed E-state index contributed by atoms with van der Waals surface area (Å²) in [5, 5.41) is 11.4. The molecule has 1 aliphatic rings. The Kier molecular flexibility index (Phi) is 27.6. The third kappa shape index (κ3) is 26.8. The van der Waals surface area contributed by atoms with Crippen molar-refractivity contribution in [1.29, 1.82) is 0 Å². The van der Waals surface area contributed by atoms with E-state index in [9.17, 15) is 28.6 Å². The van der Waals surface area contributed by atoms with Gasteiger partial charge in [0, 0.05) is 57.0 Å². The highest BCUT2D eigenvalue weighted by atomic mass is 31.2. The third-order valence-electron chi connectivity index (χ3n) is 8.07. The van der Waals surface area contributed by atoms with Crippen LogP contribution >= 0.6 is 7.60 Å². The predicted octanol–water partition coefficient (Wildman–Crippen LogP) is 0.140. The van der Waals surface area contributed by atoms with Gasteiger partial charge in [0.2, 0.25) is 23.6 Å². The molecule has 0 bridgehead atoms. The van der Waals surface area contributed by atoms with Crippen LogP contribution in [0.25, 0.3) is 0 Å². The smallest absolute Gasteiger partial charge is 0.325 e. The molecule has 1 fully saturated rings. The molecule has 1 rings (SSSR count). The molecule has 1 atom stereocenters. The van der Waals surface area contributed by atoms with Gasteiger partial charge in [0.25, 0.3) is 0 Å². The van der Waals surface area contributed by atoms with Crippen molar-refractivity contribution in [2.75, 3.05) is 106 Å². The quantitative estimate of drug-likeness (QED) is 0.0333. The minimum atomic E-state index is -3.74. The van der Waals surface area contributed by atoms with E-state index in [0.717, 1.165) is 6.66 Å². The fraction of sp³-hybridized carbons (Fsp3) is 0.730. The van der Waals surface area contributed by atoms with Gasteiger partial charge in [-0.25, -0.2) is 0 Å². The first-order valence-electron chi connectivity index (χ1n) is 18.3. The van der Waals surface area contributed by atoms with E-state index in [1.54, 1.807) is 0 Å². The van der Waals surface area contributed by atoms with E-state index >= 15 is 0 Å². The van der Waals surface area contributed by atoms with Gasteiger partial charge in [0.1, 0.15) is 19.8 Å². The Morgan fingerprint density at radius 2 is 0.982 bits per heavy atom. The predicted molar refractivity (Wildman–Crippen MR) is 202 cm³/mol. The van der Waals surface area contributed by atoms with Gasteiger partial charge in [-0.05, 0) is 32.1 Å². The molecule has 0 radical (unpaired) electrons. The van der Waals surface area contributed by atoms with Crippen LogP contribution < -0.4 is 21.3 Å². The molecule has 0 aromatic rings. The first-order valence-corrected chi connectivity index (χ1v) is 20.3. The van der Waals surface area contributed by atoms with Crippen molar-refractivity contribution in [2.45, 2.75) is 63.0 Å². The molecule has 1 unspecified atom stereocenters. The Labute approximate surface area is 325 Å². The number of carbonyl (C=O) groups excluding carboxylic acids is 4.